The van der Waals surface area contributed by atoms with E-state index in [1.165, 1.54) is 6.07 Å². The number of hydrogen-bond donors (Lipinski definition) is 3. The number of H-pyrrole nitrogens is 1. The van der Waals surface area contributed by atoms with Crippen LogP contribution in [0.25, 0.3) is 11.4 Å². The largest absolute Gasteiger partial charge is 0.417 e. The van der Waals surface area contributed by atoms with E-state index in [9.17, 15) is 21.6 Å². The van der Waals surface area contributed by atoms with Gasteiger partial charge in [0.15, 0.2) is 5.82 Å². The van der Waals surface area contributed by atoms with Crippen molar-refractivity contribution in [3.8, 4) is 11.4 Å². The van der Waals surface area contributed by atoms with E-state index in [1.807, 2.05) is 0 Å². The lowest BCUT2D eigenvalue weighted by Crippen LogP contribution is -2.27. The van der Waals surface area contributed by atoms with E-state index in [0.717, 1.165) is 6.07 Å². The number of nitrogens with zero attached hydrogens (tertiary/aromatic N) is 3. The number of aromatic nitrogens is 4. The maximum Gasteiger partial charge on any atom is 0.417 e. The average molecular weight is 390 g/mol. The van der Waals surface area contributed by atoms with Crippen LogP contribution in [0.5, 0.6) is 0 Å². The minimum absolute atomic E-state index is 0.0220. The SMILES string of the molecule is NC1CCC(c2ccc(C(F)(F)F)c(S(N)(=O)=O)c2-c2nnn[nH]2)CC1. The molecule has 0 saturated heterocycles. The first-order valence-corrected chi connectivity index (χ1v) is 9.40. The first-order valence-electron chi connectivity index (χ1n) is 7.85. The summed E-state index contributed by atoms with van der Waals surface area (Å²) >= 11 is 0. The third kappa shape index (κ3) is 3.57. The van der Waals surface area contributed by atoms with Crippen molar-refractivity contribution in [1.82, 2.24) is 20.6 Å². The van der Waals surface area contributed by atoms with Gasteiger partial charge in [-0.15, -0.1) is 5.10 Å². The summed E-state index contributed by atoms with van der Waals surface area (Å²) < 4.78 is 64.4. The minimum atomic E-state index is -4.91. The Morgan fingerprint density at radius 2 is 1.81 bits per heavy atom. The van der Waals surface area contributed by atoms with Gasteiger partial charge >= 0.3 is 6.18 Å². The van der Waals surface area contributed by atoms with Crippen LogP contribution in [0.3, 0.4) is 0 Å². The molecule has 3 rings (SSSR count). The van der Waals surface area contributed by atoms with E-state index in [0.29, 0.717) is 31.2 Å². The van der Waals surface area contributed by atoms with Crippen molar-refractivity contribution in [2.45, 2.75) is 48.7 Å². The second-order valence-electron chi connectivity index (χ2n) is 6.31. The Labute approximate surface area is 147 Å². The molecule has 0 bridgehead atoms. The molecule has 1 saturated carbocycles. The number of nitrogens with one attached hydrogen (secondary N) is 1. The van der Waals surface area contributed by atoms with Gasteiger partial charge in [-0.05, 0) is 53.7 Å². The lowest BCUT2D eigenvalue weighted by atomic mass is 9.80. The van der Waals surface area contributed by atoms with Crippen LogP contribution in [0.1, 0.15) is 42.7 Å². The molecule has 2 aromatic rings. The molecule has 8 nitrogen and oxygen atoms in total. The quantitative estimate of drug-likeness (QED) is 0.726. The maximum atomic E-state index is 13.4. The summed E-state index contributed by atoms with van der Waals surface area (Å²) in [6, 6.07) is 2.04. The van der Waals surface area contributed by atoms with Crippen LogP contribution in [0.15, 0.2) is 17.0 Å². The number of sulfonamides is 1. The molecular formula is C14H17F3N6O2S. The summed E-state index contributed by atoms with van der Waals surface area (Å²) in [6.45, 7) is 0. The molecule has 1 aromatic heterocycles. The second-order valence-corrected chi connectivity index (χ2v) is 7.81. The van der Waals surface area contributed by atoms with Crippen molar-refractivity contribution >= 4 is 10.0 Å². The zero-order valence-corrected chi connectivity index (χ0v) is 14.3. The predicted molar refractivity (Wildman–Crippen MR) is 85.2 cm³/mol. The Morgan fingerprint density at radius 1 is 1.15 bits per heavy atom. The zero-order valence-electron chi connectivity index (χ0n) is 13.5. The highest BCUT2D eigenvalue weighted by Gasteiger charge is 2.40. The summed E-state index contributed by atoms with van der Waals surface area (Å²) in [6.07, 6.45) is -2.30. The molecule has 0 unspecified atom stereocenters. The maximum absolute atomic E-state index is 13.4. The molecular weight excluding hydrogens is 373 g/mol. The lowest BCUT2D eigenvalue weighted by Gasteiger charge is -2.28. The lowest BCUT2D eigenvalue weighted by molar-refractivity contribution is -0.139. The molecule has 5 N–H and O–H groups in total. The minimum Gasteiger partial charge on any atom is -0.328 e. The highest BCUT2D eigenvalue weighted by molar-refractivity contribution is 7.89. The van der Waals surface area contributed by atoms with Gasteiger partial charge < -0.3 is 5.73 Å². The van der Waals surface area contributed by atoms with Gasteiger partial charge in [0.2, 0.25) is 10.0 Å². The van der Waals surface area contributed by atoms with Crippen molar-refractivity contribution in [2.75, 3.05) is 0 Å². The van der Waals surface area contributed by atoms with Gasteiger partial charge in [0.1, 0.15) is 4.90 Å². The third-order valence-corrected chi connectivity index (χ3v) is 5.57. The topological polar surface area (TPSA) is 141 Å². The summed E-state index contributed by atoms with van der Waals surface area (Å²) in [5.41, 5.74) is 4.72. The fourth-order valence-electron chi connectivity index (χ4n) is 3.40. The molecule has 0 spiro atoms. The van der Waals surface area contributed by atoms with Gasteiger partial charge in [-0.3, -0.25) is 0 Å². The zero-order chi connectivity index (χ0) is 19.1. The highest BCUT2D eigenvalue weighted by Crippen LogP contribution is 2.44. The molecule has 1 heterocycles. The number of hydrogen-bond acceptors (Lipinski definition) is 6. The van der Waals surface area contributed by atoms with Gasteiger partial charge in [-0.25, -0.2) is 18.7 Å². The fourth-order valence-corrected chi connectivity index (χ4v) is 4.39. The van der Waals surface area contributed by atoms with E-state index in [4.69, 9.17) is 10.9 Å². The van der Waals surface area contributed by atoms with E-state index in [1.54, 1.807) is 0 Å². The van der Waals surface area contributed by atoms with Crippen LogP contribution >= 0.6 is 0 Å². The van der Waals surface area contributed by atoms with E-state index >= 15 is 0 Å². The first-order chi connectivity index (χ1) is 12.1. The van der Waals surface area contributed by atoms with Gasteiger partial charge in [0.25, 0.3) is 0 Å². The van der Waals surface area contributed by atoms with Crippen molar-refractivity contribution in [2.24, 2.45) is 10.9 Å². The molecule has 12 heteroatoms. The molecule has 0 amide bonds. The molecule has 1 aliphatic rings. The van der Waals surface area contributed by atoms with Crippen molar-refractivity contribution in [3.05, 3.63) is 23.3 Å². The summed E-state index contributed by atoms with van der Waals surface area (Å²) in [5.74, 6) is -0.345. The second kappa shape index (κ2) is 6.59. The Bertz CT molecular complexity index is 890. The summed E-state index contributed by atoms with van der Waals surface area (Å²) in [5, 5.41) is 17.8. The summed E-state index contributed by atoms with van der Waals surface area (Å²) in [7, 11) is -4.71. The number of benzene rings is 1. The van der Waals surface area contributed by atoms with Crippen LogP contribution < -0.4 is 10.9 Å². The van der Waals surface area contributed by atoms with Crippen LogP contribution in [0.4, 0.5) is 13.2 Å². The van der Waals surface area contributed by atoms with Gasteiger partial charge in [0.05, 0.1) is 5.56 Å². The van der Waals surface area contributed by atoms with Crippen LogP contribution in [-0.2, 0) is 16.2 Å². The van der Waals surface area contributed by atoms with Gasteiger partial charge in [-0.1, -0.05) is 6.07 Å². The molecule has 1 fully saturated rings. The molecule has 0 radical (unpaired) electrons. The van der Waals surface area contributed by atoms with Crippen LogP contribution in [0.2, 0.25) is 0 Å². The number of rotatable bonds is 3. The smallest absolute Gasteiger partial charge is 0.328 e. The van der Waals surface area contributed by atoms with Crippen LogP contribution in [0, 0.1) is 0 Å². The highest BCUT2D eigenvalue weighted by atomic mass is 32.2. The molecule has 1 aliphatic carbocycles. The number of halogens is 3. The van der Waals surface area contributed by atoms with Crippen molar-refractivity contribution < 1.29 is 21.6 Å². The van der Waals surface area contributed by atoms with Crippen molar-refractivity contribution in [3.63, 3.8) is 0 Å². The third-order valence-electron chi connectivity index (χ3n) is 4.57. The van der Waals surface area contributed by atoms with Crippen LogP contribution in [-0.4, -0.2) is 35.1 Å². The van der Waals surface area contributed by atoms with E-state index < -0.39 is 26.7 Å². The number of nitrogens with two attached hydrogens (primary N) is 2. The molecule has 142 valence electrons. The molecule has 26 heavy (non-hydrogen) atoms. The first kappa shape index (κ1) is 18.7. The van der Waals surface area contributed by atoms with E-state index in [-0.39, 0.29) is 23.3 Å². The number of alkyl halides is 3. The van der Waals surface area contributed by atoms with Gasteiger partial charge in [-0.2, -0.15) is 13.2 Å². The monoisotopic (exact) mass is 390 g/mol. The summed E-state index contributed by atoms with van der Waals surface area (Å²) in [4.78, 5) is -1.02. The number of primary sulfonamides is 1. The molecule has 0 atom stereocenters. The Morgan fingerprint density at radius 3 is 2.31 bits per heavy atom. The molecule has 0 aliphatic heterocycles. The predicted octanol–water partition coefficient (Wildman–Crippen LogP) is 1.52. The number of aromatic amines is 1. The fraction of sp³-hybridized carbons (Fsp3) is 0.500. The van der Waals surface area contributed by atoms with Crippen molar-refractivity contribution in [1.29, 1.82) is 0 Å². The number of tetrazole rings is 1. The Hall–Kier alpha value is -2.05. The normalized spacial score (nSPS) is 21.7. The standard InChI is InChI=1S/C14H17F3N6O2S/c15-14(16,17)10-6-5-9(7-1-3-8(18)4-2-7)11(12(10)26(19,24)25)13-20-22-23-21-13/h5-8H,1-4,18H2,(H2,19,24,25)(H,20,21,22,23). The Kier molecular flexibility index (Phi) is 4.75. The molecule has 1 aromatic carbocycles. The van der Waals surface area contributed by atoms with E-state index in [2.05, 4.69) is 20.6 Å². The average Bonchev–Trinajstić information content (AvgIpc) is 3.06. The Balaban J connectivity index is 2.30. The van der Waals surface area contributed by atoms with Gasteiger partial charge in [0, 0.05) is 11.6 Å².